The van der Waals surface area contributed by atoms with Crippen LogP contribution in [0.5, 0.6) is 0 Å². The fraction of sp³-hybridized carbons (Fsp3) is 0.133. The van der Waals surface area contributed by atoms with Crippen molar-refractivity contribution in [1.82, 2.24) is 20.2 Å². The molecule has 1 saturated heterocycles. The molecule has 6 heteroatoms. The predicted molar refractivity (Wildman–Crippen MR) is 77.7 cm³/mol. The Bertz CT molecular complexity index is 759. The Morgan fingerprint density at radius 3 is 2.67 bits per heavy atom. The number of carbonyl (C=O) groups is 2. The molecule has 0 radical (unpaired) electrons. The summed E-state index contributed by atoms with van der Waals surface area (Å²) in [6.45, 7) is 3.94. The van der Waals surface area contributed by atoms with Crippen LogP contribution < -0.4 is 10.6 Å². The Labute approximate surface area is 121 Å². The van der Waals surface area contributed by atoms with Crippen molar-refractivity contribution >= 4 is 18.0 Å². The van der Waals surface area contributed by atoms with Crippen LogP contribution >= 0.6 is 0 Å². The summed E-state index contributed by atoms with van der Waals surface area (Å²) in [5.74, 6) is -0.411. The first kappa shape index (κ1) is 13.1. The molecule has 0 aromatic carbocycles. The summed E-state index contributed by atoms with van der Waals surface area (Å²) in [6.07, 6.45) is 5.18. The first-order chi connectivity index (χ1) is 10.1. The van der Waals surface area contributed by atoms with E-state index in [2.05, 4.69) is 15.6 Å². The minimum Gasteiger partial charge on any atom is -0.316 e. The van der Waals surface area contributed by atoms with Gasteiger partial charge >= 0.3 is 6.03 Å². The number of nitrogens with one attached hydrogen (secondary N) is 2. The molecule has 2 aromatic rings. The van der Waals surface area contributed by atoms with Gasteiger partial charge in [-0.25, -0.2) is 4.79 Å². The third-order valence-corrected chi connectivity index (χ3v) is 3.39. The average Bonchev–Trinajstić information content (AvgIpc) is 2.91. The summed E-state index contributed by atoms with van der Waals surface area (Å²) in [5.41, 5.74) is 4.09. The van der Waals surface area contributed by atoms with Crippen molar-refractivity contribution in [2.45, 2.75) is 13.8 Å². The van der Waals surface area contributed by atoms with Crippen LogP contribution in [0.4, 0.5) is 4.79 Å². The SMILES string of the molecule is Cc1cc(/C=C2/NC(=O)NC2=O)c(C)n1-c1cccnc1. The maximum atomic E-state index is 11.6. The van der Waals surface area contributed by atoms with Crippen molar-refractivity contribution in [3.05, 3.63) is 53.2 Å². The number of carbonyl (C=O) groups excluding carboxylic acids is 2. The lowest BCUT2D eigenvalue weighted by atomic mass is 10.2. The van der Waals surface area contributed by atoms with Gasteiger partial charge in [0, 0.05) is 17.6 Å². The largest absolute Gasteiger partial charge is 0.326 e. The molecule has 2 aromatic heterocycles. The first-order valence-electron chi connectivity index (χ1n) is 6.49. The number of amides is 3. The van der Waals surface area contributed by atoms with Crippen molar-refractivity contribution in [3.63, 3.8) is 0 Å². The Balaban J connectivity index is 2.05. The molecular formula is C15H14N4O2. The van der Waals surface area contributed by atoms with E-state index in [-0.39, 0.29) is 5.70 Å². The monoisotopic (exact) mass is 282 g/mol. The Kier molecular flexibility index (Phi) is 3.06. The van der Waals surface area contributed by atoms with Crippen molar-refractivity contribution in [2.75, 3.05) is 0 Å². The van der Waals surface area contributed by atoms with Crippen LogP contribution in [0.3, 0.4) is 0 Å². The molecule has 0 bridgehead atoms. The van der Waals surface area contributed by atoms with Crippen LogP contribution in [-0.4, -0.2) is 21.5 Å². The number of rotatable bonds is 2. The second-order valence-corrected chi connectivity index (χ2v) is 4.84. The second kappa shape index (κ2) is 4.90. The number of pyridine rings is 1. The molecule has 3 heterocycles. The molecule has 0 saturated carbocycles. The lowest BCUT2D eigenvalue weighted by Gasteiger charge is -2.08. The van der Waals surface area contributed by atoms with Gasteiger partial charge in [-0.05, 0) is 43.7 Å². The van der Waals surface area contributed by atoms with E-state index in [1.165, 1.54) is 0 Å². The van der Waals surface area contributed by atoms with Crippen molar-refractivity contribution in [2.24, 2.45) is 0 Å². The van der Waals surface area contributed by atoms with E-state index in [1.807, 2.05) is 36.6 Å². The van der Waals surface area contributed by atoms with Crippen LogP contribution in [0.15, 0.2) is 36.3 Å². The first-order valence-corrected chi connectivity index (χ1v) is 6.49. The average molecular weight is 282 g/mol. The lowest BCUT2D eigenvalue weighted by molar-refractivity contribution is -0.115. The van der Waals surface area contributed by atoms with E-state index in [1.54, 1.807) is 18.5 Å². The van der Waals surface area contributed by atoms with Crippen molar-refractivity contribution < 1.29 is 9.59 Å². The van der Waals surface area contributed by atoms with Crippen LogP contribution in [0, 0.1) is 13.8 Å². The van der Waals surface area contributed by atoms with E-state index < -0.39 is 11.9 Å². The summed E-state index contributed by atoms with van der Waals surface area (Å²) in [5, 5.41) is 4.67. The zero-order chi connectivity index (χ0) is 15.0. The highest BCUT2D eigenvalue weighted by Crippen LogP contribution is 2.22. The summed E-state index contributed by atoms with van der Waals surface area (Å²) >= 11 is 0. The minimum absolute atomic E-state index is 0.256. The summed E-state index contributed by atoms with van der Waals surface area (Å²) in [7, 11) is 0. The van der Waals surface area contributed by atoms with Gasteiger partial charge in [-0.1, -0.05) is 0 Å². The molecule has 3 rings (SSSR count). The van der Waals surface area contributed by atoms with Gasteiger partial charge in [-0.3, -0.25) is 15.1 Å². The van der Waals surface area contributed by atoms with Crippen LogP contribution in [0.2, 0.25) is 0 Å². The van der Waals surface area contributed by atoms with Gasteiger partial charge in [0.05, 0.1) is 11.9 Å². The Hall–Kier alpha value is -2.89. The molecule has 21 heavy (non-hydrogen) atoms. The molecule has 6 nitrogen and oxygen atoms in total. The highest BCUT2D eigenvalue weighted by atomic mass is 16.2. The lowest BCUT2D eigenvalue weighted by Crippen LogP contribution is -2.22. The maximum absolute atomic E-state index is 11.6. The molecule has 3 amide bonds. The molecule has 0 unspecified atom stereocenters. The summed E-state index contributed by atoms with van der Waals surface area (Å²) < 4.78 is 2.05. The highest BCUT2D eigenvalue weighted by molar-refractivity contribution is 6.14. The van der Waals surface area contributed by atoms with Gasteiger partial charge in [-0.15, -0.1) is 0 Å². The number of hydrogen-bond acceptors (Lipinski definition) is 3. The molecule has 1 aliphatic heterocycles. The maximum Gasteiger partial charge on any atom is 0.326 e. The van der Waals surface area contributed by atoms with Gasteiger partial charge in [0.25, 0.3) is 5.91 Å². The summed E-state index contributed by atoms with van der Waals surface area (Å²) in [6, 6.07) is 5.31. The van der Waals surface area contributed by atoms with E-state index in [9.17, 15) is 9.59 Å². The van der Waals surface area contributed by atoms with Gasteiger partial charge in [-0.2, -0.15) is 0 Å². The van der Waals surface area contributed by atoms with E-state index >= 15 is 0 Å². The number of hydrogen-bond donors (Lipinski definition) is 2. The van der Waals surface area contributed by atoms with E-state index in [0.29, 0.717) is 0 Å². The molecule has 0 aliphatic carbocycles. The molecule has 0 spiro atoms. The molecule has 0 atom stereocenters. The Morgan fingerprint density at radius 1 is 1.24 bits per heavy atom. The standard InChI is InChI=1S/C15H14N4O2/c1-9-6-11(7-13-14(20)18-15(21)17-13)10(2)19(9)12-4-3-5-16-8-12/h3-8H,1-2H3,(H2,17,18,20,21)/b13-7+. The number of nitrogens with zero attached hydrogens (tertiary/aromatic N) is 2. The zero-order valence-corrected chi connectivity index (χ0v) is 11.7. The van der Waals surface area contributed by atoms with Crippen LogP contribution in [0.1, 0.15) is 17.0 Å². The van der Waals surface area contributed by atoms with Gasteiger partial charge < -0.3 is 9.88 Å². The van der Waals surface area contributed by atoms with Crippen molar-refractivity contribution in [3.8, 4) is 5.69 Å². The van der Waals surface area contributed by atoms with Gasteiger partial charge in [0.15, 0.2) is 0 Å². The van der Waals surface area contributed by atoms with E-state index in [4.69, 9.17) is 0 Å². The Morgan fingerprint density at radius 2 is 2.05 bits per heavy atom. The highest BCUT2D eigenvalue weighted by Gasteiger charge is 2.23. The predicted octanol–water partition coefficient (Wildman–Crippen LogP) is 1.67. The normalized spacial score (nSPS) is 16.2. The van der Waals surface area contributed by atoms with Gasteiger partial charge in [0.1, 0.15) is 5.70 Å². The minimum atomic E-state index is -0.493. The quantitative estimate of drug-likeness (QED) is 0.650. The molecular weight excluding hydrogens is 268 g/mol. The molecule has 1 aliphatic rings. The third kappa shape index (κ3) is 2.31. The molecule has 2 N–H and O–H groups in total. The van der Waals surface area contributed by atoms with Gasteiger partial charge in [0.2, 0.25) is 0 Å². The van der Waals surface area contributed by atoms with E-state index in [0.717, 1.165) is 22.6 Å². The number of imide groups is 1. The molecule has 1 fully saturated rings. The van der Waals surface area contributed by atoms with Crippen LogP contribution in [-0.2, 0) is 4.79 Å². The summed E-state index contributed by atoms with van der Waals surface area (Å²) in [4.78, 5) is 26.8. The van der Waals surface area contributed by atoms with Crippen molar-refractivity contribution in [1.29, 1.82) is 0 Å². The smallest absolute Gasteiger partial charge is 0.316 e. The van der Waals surface area contributed by atoms with Crippen LogP contribution in [0.25, 0.3) is 11.8 Å². The number of urea groups is 1. The third-order valence-electron chi connectivity index (χ3n) is 3.39. The zero-order valence-electron chi connectivity index (χ0n) is 11.7. The number of aryl methyl sites for hydroxylation is 1. The molecule has 106 valence electrons. The topological polar surface area (TPSA) is 76.0 Å². The number of aromatic nitrogens is 2. The fourth-order valence-corrected chi connectivity index (χ4v) is 2.45. The second-order valence-electron chi connectivity index (χ2n) is 4.84. The fourth-order valence-electron chi connectivity index (χ4n) is 2.45.